The van der Waals surface area contributed by atoms with Gasteiger partial charge in [0.1, 0.15) is 0 Å². The number of carbonyl (C=O) groups is 1. The van der Waals surface area contributed by atoms with Crippen LogP contribution in [0.3, 0.4) is 0 Å². The number of carboxylic acids is 1. The molecule has 0 fully saturated rings. The summed E-state index contributed by atoms with van der Waals surface area (Å²) in [4.78, 5) is 16.0. The average molecular weight is 330 g/mol. The molecule has 1 N–H and O–H groups in total. The summed E-state index contributed by atoms with van der Waals surface area (Å²) in [6.45, 7) is 6.84. The number of para-hydroxylation sites is 1. The van der Waals surface area contributed by atoms with Crippen LogP contribution in [-0.2, 0) is 17.6 Å². The summed E-state index contributed by atoms with van der Waals surface area (Å²) in [5, 5.41) is 8.85. The number of carboxylic acid groups (broad SMARTS) is 1. The highest BCUT2D eigenvalue weighted by molar-refractivity contribution is 5.89. The fourth-order valence-electron chi connectivity index (χ4n) is 3.09. The molecule has 0 atom stereocenters. The van der Waals surface area contributed by atoms with Gasteiger partial charge in [0, 0.05) is 18.4 Å². The zero-order valence-corrected chi connectivity index (χ0v) is 13.9. The summed E-state index contributed by atoms with van der Waals surface area (Å²) < 4.78 is 0. The van der Waals surface area contributed by atoms with Gasteiger partial charge in [-0.15, -0.1) is 0 Å². The van der Waals surface area contributed by atoms with Crippen LogP contribution in [-0.4, -0.2) is 18.1 Å². The van der Waals surface area contributed by atoms with E-state index < -0.39 is 5.97 Å². The van der Waals surface area contributed by atoms with Gasteiger partial charge in [0.2, 0.25) is 0 Å². The Balaban J connectivity index is 1.89. The van der Waals surface area contributed by atoms with Crippen molar-refractivity contribution in [3.05, 3.63) is 88.4 Å². The van der Waals surface area contributed by atoms with Gasteiger partial charge in [0.25, 0.3) is 5.70 Å². The highest BCUT2D eigenvalue weighted by Gasteiger charge is 2.17. The maximum absolute atomic E-state index is 10.8. The number of anilines is 2. The van der Waals surface area contributed by atoms with Crippen LogP contribution in [0.4, 0.5) is 11.4 Å². The molecule has 3 rings (SSSR count). The first-order valence-electron chi connectivity index (χ1n) is 8.04. The molecule has 1 aliphatic heterocycles. The van der Waals surface area contributed by atoms with Crippen molar-refractivity contribution in [1.29, 1.82) is 0 Å². The minimum atomic E-state index is -1.21. The van der Waals surface area contributed by atoms with E-state index in [1.54, 1.807) is 6.08 Å². The summed E-state index contributed by atoms with van der Waals surface area (Å²) in [5.74, 6) is -1.21. The Kier molecular flexibility index (Phi) is 4.67. The fraction of sp³-hybridized carbons (Fsp3) is 0.143. The summed E-state index contributed by atoms with van der Waals surface area (Å²) in [6.07, 6.45) is 6.70. The Labute approximate surface area is 147 Å². The number of hydrogen-bond donors (Lipinski definition) is 1. The highest BCUT2D eigenvalue weighted by atomic mass is 16.4. The first-order valence-corrected chi connectivity index (χ1v) is 8.04. The number of aliphatic carboxylic acids is 1. The molecule has 0 unspecified atom stereocenters. The zero-order valence-electron chi connectivity index (χ0n) is 13.9. The van der Waals surface area contributed by atoms with Crippen LogP contribution in [0.1, 0.15) is 16.7 Å². The van der Waals surface area contributed by atoms with Gasteiger partial charge in [0.05, 0.1) is 6.57 Å². The summed E-state index contributed by atoms with van der Waals surface area (Å²) in [5.41, 5.74) is 5.71. The van der Waals surface area contributed by atoms with Crippen LogP contribution in [0.2, 0.25) is 0 Å². The molecule has 0 saturated heterocycles. The normalized spacial score (nSPS) is 13.8. The average Bonchev–Trinajstić information content (AvgIpc) is 2.76. The molecule has 0 aromatic heterocycles. The molecule has 2 aromatic carbocycles. The number of fused-ring (bicyclic) bond motifs is 2. The maximum atomic E-state index is 10.8. The van der Waals surface area contributed by atoms with Gasteiger partial charge >= 0.3 is 5.97 Å². The highest BCUT2D eigenvalue weighted by Crippen LogP contribution is 2.35. The van der Waals surface area contributed by atoms with Crippen LogP contribution in [0.25, 0.3) is 10.9 Å². The molecule has 4 nitrogen and oxygen atoms in total. The van der Waals surface area contributed by atoms with Crippen molar-refractivity contribution in [3.8, 4) is 0 Å². The van der Waals surface area contributed by atoms with E-state index in [4.69, 9.17) is 11.7 Å². The SMILES string of the molecule is [C-]#[N+]/C(=C\C=C\c1ccc2c(c1)CCc1ccccc1N2C)C(=O)O. The Morgan fingerprint density at radius 3 is 2.64 bits per heavy atom. The minimum absolute atomic E-state index is 0.291. The summed E-state index contributed by atoms with van der Waals surface area (Å²) >= 11 is 0. The lowest BCUT2D eigenvalue weighted by atomic mass is 10.0. The number of hydrogen-bond acceptors (Lipinski definition) is 2. The molecule has 0 amide bonds. The Morgan fingerprint density at radius 1 is 1.16 bits per heavy atom. The maximum Gasteiger partial charge on any atom is 0.333 e. The lowest BCUT2D eigenvalue weighted by Crippen LogP contribution is -2.11. The van der Waals surface area contributed by atoms with Gasteiger partial charge in [-0.1, -0.05) is 36.4 Å². The lowest BCUT2D eigenvalue weighted by Gasteiger charge is -2.22. The standard InChI is InChI=1S/C21H18N2O2/c1-22-18(21(24)25)8-5-6-15-10-13-20-17(14-15)12-11-16-7-3-4-9-19(16)23(20)2/h3-10,13-14H,11-12H2,2H3,(H,24,25)/b6-5+,18-8-. The van der Waals surface area contributed by atoms with Crippen molar-refractivity contribution >= 4 is 23.4 Å². The molecule has 4 heteroatoms. The molecule has 0 bridgehead atoms. The van der Waals surface area contributed by atoms with E-state index in [-0.39, 0.29) is 5.70 Å². The van der Waals surface area contributed by atoms with Crippen molar-refractivity contribution in [2.24, 2.45) is 0 Å². The van der Waals surface area contributed by atoms with E-state index in [1.807, 2.05) is 12.1 Å². The monoisotopic (exact) mass is 330 g/mol. The Morgan fingerprint density at radius 2 is 1.88 bits per heavy atom. The molecule has 0 radical (unpaired) electrons. The summed E-state index contributed by atoms with van der Waals surface area (Å²) in [7, 11) is 2.08. The summed E-state index contributed by atoms with van der Waals surface area (Å²) in [6, 6.07) is 14.7. The van der Waals surface area contributed by atoms with E-state index in [0.29, 0.717) is 0 Å². The largest absolute Gasteiger partial charge is 0.486 e. The van der Waals surface area contributed by atoms with Crippen LogP contribution < -0.4 is 4.90 Å². The van der Waals surface area contributed by atoms with Gasteiger partial charge < -0.3 is 10.0 Å². The van der Waals surface area contributed by atoms with Crippen molar-refractivity contribution < 1.29 is 9.90 Å². The molecule has 25 heavy (non-hydrogen) atoms. The number of benzene rings is 2. The molecule has 1 aliphatic rings. The van der Waals surface area contributed by atoms with E-state index in [2.05, 4.69) is 53.2 Å². The number of nitrogens with zero attached hydrogens (tertiary/aromatic N) is 2. The molecule has 0 spiro atoms. The Hall–Kier alpha value is -3.32. The van der Waals surface area contributed by atoms with Crippen LogP contribution in [0.5, 0.6) is 0 Å². The van der Waals surface area contributed by atoms with E-state index >= 15 is 0 Å². The molecule has 124 valence electrons. The molecule has 2 aromatic rings. The first kappa shape index (κ1) is 16.5. The van der Waals surface area contributed by atoms with Gasteiger partial charge in [-0.05, 0) is 53.8 Å². The third-order valence-electron chi connectivity index (χ3n) is 4.36. The molecular formula is C21H18N2O2. The number of aryl methyl sites for hydroxylation is 2. The molecular weight excluding hydrogens is 312 g/mol. The molecule has 1 heterocycles. The molecule has 0 saturated carbocycles. The smallest absolute Gasteiger partial charge is 0.333 e. The Bertz CT molecular complexity index is 920. The van der Waals surface area contributed by atoms with Crippen LogP contribution in [0.15, 0.2) is 60.3 Å². The van der Waals surface area contributed by atoms with E-state index in [0.717, 1.165) is 18.4 Å². The third kappa shape index (κ3) is 3.46. The van der Waals surface area contributed by atoms with Crippen molar-refractivity contribution in [2.75, 3.05) is 11.9 Å². The topological polar surface area (TPSA) is 44.9 Å². The van der Waals surface area contributed by atoms with Crippen molar-refractivity contribution in [3.63, 3.8) is 0 Å². The van der Waals surface area contributed by atoms with E-state index in [9.17, 15) is 4.79 Å². The van der Waals surface area contributed by atoms with Gasteiger partial charge in [0.15, 0.2) is 0 Å². The van der Waals surface area contributed by atoms with Crippen molar-refractivity contribution in [1.82, 2.24) is 0 Å². The van der Waals surface area contributed by atoms with Gasteiger partial charge in [-0.25, -0.2) is 4.85 Å². The lowest BCUT2D eigenvalue weighted by molar-refractivity contribution is -0.132. The zero-order chi connectivity index (χ0) is 17.8. The van der Waals surface area contributed by atoms with Crippen LogP contribution in [0, 0.1) is 6.57 Å². The van der Waals surface area contributed by atoms with Gasteiger partial charge in [-0.3, -0.25) is 4.79 Å². The quantitative estimate of drug-likeness (QED) is 0.513. The van der Waals surface area contributed by atoms with Crippen LogP contribution >= 0.6 is 0 Å². The second kappa shape index (κ2) is 7.06. The number of allylic oxidation sites excluding steroid dienone is 2. The van der Waals surface area contributed by atoms with Gasteiger partial charge in [-0.2, -0.15) is 0 Å². The first-order chi connectivity index (χ1) is 12.1. The molecule has 0 aliphatic carbocycles. The minimum Gasteiger partial charge on any atom is -0.486 e. The number of rotatable bonds is 3. The second-order valence-electron chi connectivity index (χ2n) is 5.90. The predicted molar refractivity (Wildman–Crippen MR) is 99.7 cm³/mol. The van der Waals surface area contributed by atoms with Crippen molar-refractivity contribution in [2.45, 2.75) is 12.8 Å². The second-order valence-corrected chi connectivity index (χ2v) is 5.90. The van der Waals surface area contributed by atoms with E-state index in [1.165, 1.54) is 28.6 Å². The fourth-order valence-corrected chi connectivity index (χ4v) is 3.09. The third-order valence-corrected chi connectivity index (χ3v) is 4.36. The predicted octanol–water partition coefficient (Wildman–Crippen LogP) is 4.45.